The average Bonchev–Trinajstić information content (AvgIpc) is 3.28. The molecule has 0 spiro atoms. The molecule has 2 aromatic carbocycles. The first-order chi connectivity index (χ1) is 31.3. The van der Waals surface area contributed by atoms with Crippen LogP contribution in [0.15, 0.2) is 64.3 Å². The Morgan fingerprint density at radius 1 is 0.815 bits per heavy atom. The van der Waals surface area contributed by atoms with E-state index in [-0.39, 0.29) is 40.4 Å². The number of halogens is 3. The van der Waals surface area contributed by atoms with E-state index in [1.807, 2.05) is 36.4 Å². The van der Waals surface area contributed by atoms with Crippen molar-refractivity contribution in [2.75, 3.05) is 59.8 Å². The lowest BCUT2D eigenvalue weighted by atomic mass is 10.00. The minimum Gasteiger partial charge on any atom is -0.480 e. The fraction of sp³-hybridized carbons (Fsp3) is 0.413. The summed E-state index contributed by atoms with van der Waals surface area (Å²) in [5.74, 6) is 2.36. The van der Waals surface area contributed by atoms with Crippen LogP contribution in [0.1, 0.15) is 45.2 Å². The Labute approximate surface area is 398 Å². The van der Waals surface area contributed by atoms with Gasteiger partial charge in [0.15, 0.2) is 35.0 Å². The number of hydrogen-bond acceptors (Lipinski definition) is 14. The summed E-state index contributed by atoms with van der Waals surface area (Å²) in [6.07, 6.45) is 4.29. The number of aromatic nitrogens is 6. The van der Waals surface area contributed by atoms with Crippen molar-refractivity contribution in [2.45, 2.75) is 62.1 Å². The van der Waals surface area contributed by atoms with E-state index in [4.69, 9.17) is 52.4 Å². The molecule has 340 valence electrons. The Kier molecular flexibility index (Phi) is 13.1. The molecule has 1 atom stereocenters. The number of rotatable bonds is 13. The van der Waals surface area contributed by atoms with Crippen LogP contribution in [0.2, 0.25) is 10.0 Å². The Morgan fingerprint density at radius 3 is 2.02 bits per heavy atom. The Bertz CT molecular complexity index is 2910. The van der Waals surface area contributed by atoms with Gasteiger partial charge in [0.25, 0.3) is 11.1 Å². The van der Waals surface area contributed by atoms with Gasteiger partial charge in [-0.05, 0) is 87.1 Å². The van der Waals surface area contributed by atoms with Crippen LogP contribution in [0.3, 0.4) is 0 Å². The number of aryl methyl sites for hydroxylation is 2. The summed E-state index contributed by atoms with van der Waals surface area (Å²) in [5, 5.41) is 8.70. The minimum atomic E-state index is -1.03. The first-order valence-corrected chi connectivity index (χ1v) is 23.8. The van der Waals surface area contributed by atoms with Crippen LogP contribution in [0.4, 0.5) is 34.9 Å². The molecule has 19 heteroatoms. The number of benzene rings is 2. The lowest BCUT2D eigenvalue weighted by molar-refractivity contribution is -0.124. The first-order valence-electron chi connectivity index (χ1n) is 21.8. The van der Waals surface area contributed by atoms with Crippen molar-refractivity contribution in [2.24, 2.45) is 20.0 Å². The van der Waals surface area contributed by atoms with Crippen molar-refractivity contribution < 1.29 is 19.0 Å². The Morgan fingerprint density at radius 2 is 1.38 bits per heavy atom. The quantitative estimate of drug-likeness (QED) is 0.0850. The number of anilines is 6. The summed E-state index contributed by atoms with van der Waals surface area (Å²) in [4.78, 5) is 63.9. The number of ether oxygens (including phenoxy) is 3. The third kappa shape index (κ3) is 9.69. The highest BCUT2D eigenvalue weighted by atomic mass is 127. The number of hydrogen-bond donors (Lipinski definition) is 2. The zero-order chi connectivity index (χ0) is 45.5. The Balaban J connectivity index is 0.955. The van der Waals surface area contributed by atoms with Crippen LogP contribution in [-0.2, 0) is 30.0 Å². The van der Waals surface area contributed by atoms with Crippen LogP contribution in [0.5, 0.6) is 11.5 Å². The second-order valence-corrected chi connectivity index (χ2v) is 19.6. The lowest BCUT2D eigenvalue weighted by Gasteiger charge is -2.31. The summed E-state index contributed by atoms with van der Waals surface area (Å²) in [6.45, 7) is 7.96. The third-order valence-electron chi connectivity index (χ3n) is 12.3. The van der Waals surface area contributed by atoms with E-state index in [2.05, 4.69) is 54.9 Å². The molecule has 65 heavy (non-hydrogen) atoms. The van der Waals surface area contributed by atoms with E-state index in [9.17, 15) is 14.4 Å². The van der Waals surface area contributed by atoms with Gasteiger partial charge in [0.05, 0.1) is 42.6 Å². The molecule has 0 saturated carbocycles. The number of pyridine rings is 2. The first kappa shape index (κ1) is 44.9. The van der Waals surface area contributed by atoms with Gasteiger partial charge in [-0.15, -0.1) is 0 Å². The SMILES string of the molecule is CC1CCN(c2nc(CC(=O)C(C)Oc3cc4cc(Nc5nc(N6CCC(I)CC6)ncc5Cl)ccc4n(C)c3=O)c(Cl)c(Nc3ccc4c(c3)cc(OC3COC3)c(=O)n4C)n2)CC1. The number of alkyl halides is 1. The maximum Gasteiger partial charge on any atom is 0.293 e. The highest BCUT2D eigenvalue weighted by Crippen LogP contribution is 2.33. The lowest BCUT2D eigenvalue weighted by Crippen LogP contribution is -2.40. The van der Waals surface area contributed by atoms with Crippen LogP contribution in [0, 0.1) is 5.92 Å². The molecule has 7 heterocycles. The zero-order valence-corrected chi connectivity index (χ0v) is 40.1. The van der Waals surface area contributed by atoms with Crippen LogP contribution in [-0.4, -0.2) is 90.4 Å². The highest BCUT2D eigenvalue weighted by molar-refractivity contribution is 14.1. The monoisotopic (exact) mass is 1030 g/mol. The molecule has 1 unspecified atom stereocenters. The summed E-state index contributed by atoms with van der Waals surface area (Å²) < 4.78 is 21.0. The van der Waals surface area contributed by atoms with Crippen molar-refractivity contribution >= 4 is 108 Å². The predicted octanol–water partition coefficient (Wildman–Crippen LogP) is 7.76. The van der Waals surface area contributed by atoms with Gasteiger partial charge < -0.3 is 43.8 Å². The average molecular weight is 1040 g/mol. The number of carbonyl (C=O) groups is 1. The maximum atomic E-state index is 14.0. The van der Waals surface area contributed by atoms with Gasteiger partial charge in [-0.1, -0.05) is 52.7 Å². The number of nitrogens with one attached hydrogen (secondary N) is 2. The van der Waals surface area contributed by atoms with E-state index < -0.39 is 11.7 Å². The van der Waals surface area contributed by atoms with Crippen molar-refractivity contribution in [1.82, 2.24) is 29.1 Å². The highest BCUT2D eigenvalue weighted by Gasteiger charge is 2.27. The largest absolute Gasteiger partial charge is 0.480 e. The predicted molar refractivity (Wildman–Crippen MR) is 263 cm³/mol. The molecule has 0 aliphatic carbocycles. The summed E-state index contributed by atoms with van der Waals surface area (Å²) >= 11 is 16.1. The number of fused-ring (bicyclic) bond motifs is 2. The minimum absolute atomic E-state index is 0.0154. The number of ketones is 1. The molecule has 2 N–H and O–H groups in total. The van der Waals surface area contributed by atoms with Crippen molar-refractivity contribution in [3.8, 4) is 11.5 Å². The number of carbonyl (C=O) groups excluding carboxylic acids is 1. The van der Waals surface area contributed by atoms with Crippen molar-refractivity contribution in [1.29, 1.82) is 0 Å². The molecule has 9 rings (SSSR count). The van der Waals surface area contributed by atoms with Gasteiger partial charge >= 0.3 is 0 Å². The van der Waals surface area contributed by atoms with E-state index in [0.717, 1.165) is 62.8 Å². The standard InChI is InChI=1S/C46H49Cl2IN10O6/c1-25-9-13-59(14-10-25)46-53-34(40(48)42(55-46)52-31-6-8-36-28(18-31)20-39(44(62)57(36)4)65-32-23-63-24-32)21-37(60)26(2)64-38-19-27-17-30(5-7-35(27)56(3)43(38)61)51-41-33(47)22-50-45(54-41)58-15-11-29(49)12-16-58/h5-8,17-20,22,25-26,29,32H,9-16,21,23-24H2,1-4H3,(H,50,51,54)(H,52,53,55). The molecule has 3 aliphatic heterocycles. The van der Waals surface area contributed by atoms with E-state index >= 15 is 0 Å². The van der Waals surface area contributed by atoms with Gasteiger partial charge in [0, 0.05) is 66.3 Å². The summed E-state index contributed by atoms with van der Waals surface area (Å²) in [7, 11) is 3.37. The fourth-order valence-electron chi connectivity index (χ4n) is 8.21. The summed E-state index contributed by atoms with van der Waals surface area (Å²) in [5.41, 5.74) is 2.43. The molecule has 0 bridgehead atoms. The van der Waals surface area contributed by atoms with E-state index in [1.165, 1.54) is 4.57 Å². The zero-order valence-electron chi connectivity index (χ0n) is 36.4. The van der Waals surface area contributed by atoms with Gasteiger partial charge in [0.1, 0.15) is 16.1 Å². The van der Waals surface area contributed by atoms with Gasteiger partial charge in [-0.2, -0.15) is 9.97 Å². The molecule has 3 fully saturated rings. The van der Waals surface area contributed by atoms with Crippen molar-refractivity contribution in [3.05, 3.63) is 91.2 Å². The summed E-state index contributed by atoms with van der Waals surface area (Å²) in [6, 6.07) is 14.5. The van der Waals surface area contributed by atoms with E-state index in [0.29, 0.717) is 79.6 Å². The number of piperidine rings is 2. The van der Waals surface area contributed by atoms with Crippen LogP contribution in [0.25, 0.3) is 21.8 Å². The normalized spacial score (nSPS) is 16.7. The van der Waals surface area contributed by atoms with Gasteiger partial charge in [0.2, 0.25) is 11.9 Å². The molecular weight excluding hydrogens is 986 g/mol. The molecule has 16 nitrogen and oxygen atoms in total. The van der Waals surface area contributed by atoms with Crippen molar-refractivity contribution in [3.63, 3.8) is 0 Å². The second kappa shape index (κ2) is 18.9. The second-order valence-electron chi connectivity index (χ2n) is 17.1. The fourth-order valence-corrected chi connectivity index (χ4v) is 9.10. The Hall–Kier alpha value is -5.24. The van der Waals surface area contributed by atoms with E-state index in [1.54, 1.807) is 43.9 Å². The number of Topliss-reactive ketones (excluding diaryl/α,β-unsaturated/α-hetero) is 1. The molecule has 0 amide bonds. The maximum absolute atomic E-state index is 14.0. The molecule has 3 saturated heterocycles. The van der Waals surface area contributed by atoms with Crippen LogP contribution >= 0.6 is 45.8 Å². The molecule has 0 radical (unpaired) electrons. The topological polar surface area (TPSA) is 171 Å². The molecule has 3 aliphatic rings. The van der Waals surface area contributed by atoms with Gasteiger partial charge in [-0.3, -0.25) is 14.4 Å². The van der Waals surface area contributed by atoms with Crippen LogP contribution < -0.4 is 41.0 Å². The molecular formula is C46H49Cl2IN10O6. The third-order valence-corrected chi connectivity index (χ3v) is 14.2. The molecule has 4 aromatic heterocycles. The molecule has 6 aromatic rings. The van der Waals surface area contributed by atoms with Gasteiger partial charge in [-0.25, -0.2) is 9.97 Å². The smallest absolute Gasteiger partial charge is 0.293 e. The number of nitrogens with zero attached hydrogens (tertiary/aromatic N) is 8.